The van der Waals surface area contributed by atoms with Gasteiger partial charge in [-0.05, 0) is 48.6 Å². The third kappa shape index (κ3) is 5.45. The van der Waals surface area contributed by atoms with Crippen molar-refractivity contribution in [3.05, 3.63) is 63.8 Å². The number of hydrogen-bond acceptors (Lipinski definition) is 4. The molecule has 10 heteroatoms. The zero-order valence-corrected chi connectivity index (χ0v) is 19.6. The molecule has 2 aromatic rings. The lowest BCUT2D eigenvalue weighted by Crippen LogP contribution is -2.52. The van der Waals surface area contributed by atoms with Crippen LogP contribution >= 0.6 is 23.2 Å². The lowest BCUT2D eigenvalue weighted by atomic mass is 9.84. The van der Waals surface area contributed by atoms with Gasteiger partial charge in [0.05, 0.1) is 28.7 Å². The zero-order valence-electron chi connectivity index (χ0n) is 18.1. The second kappa shape index (κ2) is 10.1. The van der Waals surface area contributed by atoms with Crippen LogP contribution in [0.15, 0.2) is 42.6 Å². The number of piperazine rings is 1. The van der Waals surface area contributed by atoms with Gasteiger partial charge in [-0.15, -0.1) is 0 Å². The summed E-state index contributed by atoms with van der Waals surface area (Å²) in [5, 5.41) is 1.01. The summed E-state index contributed by atoms with van der Waals surface area (Å²) in [4.78, 5) is 32.4. The number of hydrogen-bond donors (Lipinski definition) is 0. The summed E-state index contributed by atoms with van der Waals surface area (Å²) in [7, 11) is 0. The number of anilines is 1. The molecule has 0 saturated carbocycles. The molecule has 4 rings (SSSR count). The van der Waals surface area contributed by atoms with Crippen LogP contribution in [-0.2, 0) is 15.8 Å². The Morgan fingerprint density at radius 3 is 2.56 bits per heavy atom. The number of benzene rings is 1. The molecule has 180 valence electrons. The molecule has 1 aromatic carbocycles. The molecule has 2 heterocycles. The lowest BCUT2D eigenvalue weighted by Gasteiger charge is -2.34. The fraction of sp³-hybridized carbons (Fsp3) is 0.375. The van der Waals surface area contributed by atoms with Gasteiger partial charge in [0.25, 0.3) is 0 Å². The van der Waals surface area contributed by atoms with E-state index in [9.17, 15) is 22.8 Å². The summed E-state index contributed by atoms with van der Waals surface area (Å²) in [5.74, 6) is -0.186. The molecule has 34 heavy (non-hydrogen) atoms. The van der Waals surface area contributed by atoms with Crippen molar-refractivity contribution in [3.8, 4) is 0 Å². The van der Waals surface area contributed by atoms with Crippen LogP contribution in [0.5, 0.6) is 0 Å². The van der Waals surface area contributed by atoms with Crippen LogP contribution in [0, 0.1) is 5.92 Å². The molecule has 0 spiro atoms. The minimum Gasteiger partial charge on any atom is -0.298 e. The first kappa shape index (κ1) is 24.7. The molecular weight excluding hydrogens is 490 g/mol. The second-order valence-electron chi connectivity index (χ2n) is 8.43. The van der Waals surface area contributed by atoms with Crippen LogP contribution in [-0.4, -0.2) is 47.8 Å². The Kier molecular flexibility index (Phi) is 7.31. The van der Waals surface area contributed by atoms with E-state index in [0.29, 0.717) is 35.9 Å². The van der Waals surface area contributed by atoms with E-state index < -0.39 is 11.7 Å². The summed E-state index contributed by atoms with van der Waals surface area (Å²) >= 11 is 12.4. The number of Topliss-reactive ketones (excluding diaryl/α,β-unsaturated/α-hetero) is 1. The van der Waals surface area contributed by atoms with Gasteiger partial charge in [-0.1, -0.05) is 41.4 Å². The van der Waals surface area contributed by atoms with Crippen LogP contribution in [0.2, 0.25) is 10.0 Å². The molecule has 1 unspecified atom stereocenters. The van der Waals surface area contributed by atoms with Crippen LogP contribution in [0.3, 0.4) is 0 Å². The molecule has 1 aliphatic heterocycles. The zero-order chi connectivity index (χ0) is 24.5. The molecule has 1 aromatic heterocycles. The molecule has 1 saturated heterocycles. The predicted molar refractivity (Wildman–Crippen MR) is 125 cm³/mol. The van der Waals surface area contributed by atoms with Gasteiger partial charge in [-0.25, -0.2) is 4.98 Å². The van der Waals surface area contributed by atoms with Crippen molar-refractivity contribution < 1.29 is 22.8 Å². The van der Waals surface area contributed by atoms with Gasteiger partial charge in [0.2, 0.25) is 5.91 Å². The Morgan fingerprint density at radius 2 is 1.94 bits per heavy atom. The largest absolute Gasteiger partial charge is 0.417 e. The van der Waals surface area contributed by atoms with Crippen molar-refractivity contribution in [3.63, 3.8) is 0 Å². The Morgan fingerprint density at radius 1 is 1.15 bits per heavy atom. The normalized spacial score (nSPS) is 19.8. The van der Waals surface area contributed by atoms with Gasteiger partial charge in [0, 0.05) is 25.2 Å². The number of carbonyl (C=O) groups is 2. The molecule has 0 N–H and O–H groups in total. The Balaban J connectivity index is 1.32. The maximum Gasteiger partial charge on any atom is 0.417 e. The molecule has 1 fully saturated rings. The van der Waals surface area contributed by atoms with Crippen molar-refractivity contribution in [2.45, 2.75) is 25.4 Å². The van der Waals surface area contributed by atoms with Crippen molar-refractivity contribution in [1.29, 1.82) is 0 Å². The molecule has 1 atom stereocenters. The first-order valence-electron chi connectivity index (χ1n) is 10.9. The molecule has 1 amide bonds. The summed E-state index contributed by atoms with van der Waals surface area (Å²) < 4.78 is 38.2. The fourth-order valence-electron chi connectivity index (χ4n) is 4.29. The smallest absolute Gasteiger partial charge is 0.298 e. The summed E-state index contributed by atoms with van der Waals surface area (Å²) in [6, 6.07) is 7.60. The molecule has 0 bridgehead atoms. The van der Waals surface area contributed by atoms with Crippen molar-refractivity contribution in [1.82, 2.24) is 9.88 Å². The van der Waals surface area contributed by atoms with E-state index in [1.165, 1.54) is 11.0 Å². The number of carbonyl (C=O) groups excluding carboxylic acids is 2. The first-order chi connectivity index (χ1) is 16.1. The van der Waals surface area contributed by atoms with E-state index >= 15 is 0 Å². The summed E-state index contributed by atoms with van der Waals surface area (Å²) in [6.45, 7) is 0.866. The van der Waals surface area contributed by atoms with E-state index in [2.05, 4.69) is 4.98 Å². The maximum absolute atomic E-state index is 12.9. The first-order valence-corrected chi connectivity index (χ1v) is 11.6. The van der Waals surface area contributed by atoms with Crippen molar-refractivity contribution >= 4 is 46.3 Å². The number of amides is 1. The van der Waals surface area contributed by atoms with Crippen molar-refractivity contribution in [2.75, 3.05) is 31.1 Å². The Hall–Kier alpha value is -2.42. The van der Waals surface area contributed by atoms with Crippen LogP contribution in [0.4, 0.5) is 19.0 Å². The molecule has 1 aliphatic carbocycles. The minimum atomic E-state index is -4.48. The second-order valence-corrected chi connectivity index (χ2v) is 9.21. The van der Waals surface area contributed by atoms with E-state index in [1.54, 1.807) is 11.0 Å². The monoisotopic (exact) mass is 511 g/mol. The van der Waals surface area contributed by atoms with E-state index in [0.717, 1.165) is 23.4 Å². The average molecular weight is 512 g/mol. The number of alkyl halides is 3. The quantitative estimate of drug-likeness (QED) is 0.531. The van der Waals surface area contributed by atoms with Gasteiger partial charge in [0.1, 0.15) is 11.6 Å². The number of rotatable bonds is 5. The van der Waals surface area contributed by atoms with Crippen LogP contribution < -0.4 is 4.90 Å². The van der Waals surface area contributed by atoms with Gasteiger partial charge < -0.3 is 0 Å². The van der Waals surface area contributed by atoms with Gasteiger partial charge in [-0.3, -0.25) is 19.4 Å². The van der Waals surface area contributed by atoms with Crippen LogP contribution in [0.1, 0.15) is 30.4 Å². The number of allylic oxidation sites excluding steroid dienone is 2. The topological polar surface area (TPSA) is 53.5 Å². The lowest BCUT2D eigenvalue weighted by molar-refractivity contribution is -0.137. The summed E-state index contributed by atoms with van der Waals surface area (Å²) in [6.07, 6.45) is 0.271. The van der Waals surface area contributed by atoms with E-state index in [4.69, 9.17) is 23.2 Å². The number of pyridine rings is 1. The molecule has 5 nitrogen and oxygen atoms in total. The van der Waals surface area contributed by atoms with E-state index in [1.807, 2.05) is 18.2 Å². The van der Waals surface area contributed by atoms with Gasteiger partial charge in [-0.2, -0.15) is 13.2 Å². The number of aromatic nitrogens is 1. The van der Waals surface area contributed by atoms with Crippen molar-refractivity contribution in [2.24, 2.45) is 5.92 Å². The Bertz CT molecular complexity index is 1120. The minimum absolute atomic E-state index is 0.0143. The van der Waals surface area contributed by atoms with Gasteiger partial charge >= 0.3 is 6.18 Å². The summed E-state index contributed by atoms with van der Waals surface area (Å²) in [5.41, 5.74) is 1.10. The highest BCUT2D eigenvalue weighted by atomic mass is 35.5. The number of halogens is 5. The highest BCUT2D eigenvalue weighted by molar-refractivity contribution is 6.43. The number of nitrogens with zero attached hydrogens (tertiary/aromatic N) is 3. The molecule has 0 radical (unpaired) electrons. The Labute approximate surface area is 205 Å². The van der Waals surface area contributed by atoms with Gasteiger partial charge in [0.15, 0.2) is 0 Å². The third-order valence-corrected chi connectivity index (χ3v) is 7.01. The molecular formula is C24H22Cl2F3N3O2. The predicted octanol–water partition coefficient (Wildman–Crippen LogP) is 5.51. The standard InChI is InChI=1S/C24H22Cl2F3N3O2/c25-19-3-1-2-18(23(19)26)15-4-6-16(7-5-15)20(33)13-31-10-11-32(22(34)14-31)21-9-8-17(12-30-21)24(27,28)29/h1-4,8-9,12,16H,5-7,10-11,13-14H2. The molecule has 2 aliphatic rings. The highest BCUT2D eigenvalue weighted by Gasteiger charge is 2.33. The van der Waals surface area contributed by atoms with Crippen LogP contribution in [0.25, 0.3) is 5.57 Å². The van der Waals surface area contributed by atoms with E-state index in [-0.39, 0.29) is 43.1 Å². The average Bonchev–Trinajstić information content (AvgIpc) is 2.81. The maximum atomic E-state index is 12.9. The SMILES string of the molecule is O=C(CN1CCN(c2ccc(C(F)(F)F)cn2)C(=O)C1)C1CC=C(c2cccc(Cl)c2Cl)CC1. The number of ketones is 1. The third-order valence-electron chi connectivity index (χ3n) is 6.19. The fourth-order valence-corrected chi connectivity index (χ4v) is 4.71. The highest BCUT2D eigenvalue weighted by Crippen LogP contribution is 2.37.